The zero-order chi connectivity index (χ0) is 9.72. The summed E-state index contributed by atoms with van der Waals surface area (Å²) >= 11 is 0. The molecule has 0 heteroatoms. The van der Waals surface area contributed by atoms with Gasteiger partial charge in [-0.05, 0) is 38.8 Å². The molecule has 0 unspecified atom stereocenters. The minimum atomic E-state index is 1.06. The van der Waals surface area contributed by atoms with E-state index < -0.39 is 0 Å². The number of rotatable bonds is 3. The first-order valence-electron chi connectivity index (χ1n) is 4.15. The van der Waals surface area contributed by atoms with Gasteiger partial charge >= 0.3 is 0 Å². The molecule has 0 radical (unpaired) electrons. The maximum absolute atomic E-state index is 3.93. The van der Waals surface area contributed by atoms with Gasteiger partial charge in [0.1, 0.15) is 0 Å². The van der Waals surface area contributed by atoms with Crippen molar-refractivity contribution in [3.63, 3.8) is 0 Å². The average molecular weight is 162 g/mol. The Morgan fingerprint density at radius 2 is 1.58 bits per heavy atom. The van der Waals surface area contributed by atoms with Gasteiger partial charge in [-0.2, -0.15) is 0 Å². The van der Waals surface area contributed by atoms with Crippen molar-refractivity contribution >= 4 is 0 Å². The standard InChI is InChI=1S/C12H18/c1-7-11(6)12(10(4)5)8-9(2)3/h7-8H,2,4H2,1,3,5-6H3/b11-7-,12-8-. The molecule has 0 atom stereocenters. The van der Waals surface area contributed by atoms with Gasteiger partial charge in [-0.25, -0.2) is 0 Å². The maximum atomic E-state index is 3.93. The van der Waals surface area contributed by atoms with E-state index in [4.69, 9.17) is 0 Å². The van der Waals surface area contributed by atoms with Gasteiger partial charge in [0.15, 0.2) is 0 Å². The molecule has 0 rings (SSSR count). The first-order valence-corrected chi connectivity index (χ1v) is 4.15. The summed E-state index contributed by atoms with van der Waals surface area (Å²) in [5.41, 5.74) is 4.61. The summed E-state index contributed by atoms with van der Waals surface area (Å²) in [6.07, 6.45) is 4.15. The second-order valence-corrected chi connectivity index (χ2v) is 3.16. The van der Waals surface area contributed by atoms with Crippen LogP contribution < -0.4 is 0 Å². The van der Waals surface area contributed by atoms with Crippen LogP contribution in [0.25, 0.3) is 0 Å². The Labute approximate surface area is 76.0 Å². The second kappa shape index (κ2) is 4.76. The zero-order valence-corrected chi connectivity index (χ0v) is 8.57. The third kappa shape index (κ3) is 3.38. The largest absolute Gasteiger partial charge is 0.0961 e. The molecule has 0 aliphatic rings. The third-order valence-corrected chi connectivity index (χ3v) is 1.71. The lowest BCUT2D eigenvalue weighted by molar-refractivity contribution is 1.30. The SMILES string of the molecule is C=C(C)/C=C(C(=C)C)\C(C)=C/C. The monoisotopic (exact) mass is 162 g/mol. The molecule has 66 valence electrons. The molecular weight excluding hydrogens is 144 g/mol. The first kappa shape index (κ1) is 11.0. The summed E-state index contributed by atoms with van der Waals surface area (Å²) in [5.74, 6) is 0. The molecule has 0 heterocycles. The minimum Gasteiger partial charge on any atom is -0.0961 e. The molecule has 0 aromatic heterocycles. The van der Waals surface area contributed by atoms with Crippen molar-refractivity contribution < 1.29 is 0 Å². The highest BCUT2D eigenvalue weighted by atomic mass is 14.0. The maximum Gasteiger partial charge on any atom is -0.0205 e. The Morgan fingerprint density at radius 1 is 1.08 bits per heavy atom. The lowest BCUT2D eigenvalue weighted by atomic mass is 9.99. The van der Waals surface area contributed by atoms with E-state index in [2.05, 4.69) is 32.2 Å². The molecule has 0 aromatic rings. The molecule has 0 spiro atoms. The van der Waals surface area contributed by atoms with Crippen molar-refractivity contribution in [2.75, 3.05) is 0 Å². The quantitative estimate of drug-likeness (QED) is 0.549. The van der Waals surface area contributed by atoms with Gasteiger partial charge < -0.3 is 0 Å². The lowest BCUT2D eigenvalue weighted by Crippen LogP contribution is -1.87. The zero-order valence-electron chi connectivity index (χ0n) is 8.57. The fraction of sp³-hybridized carbons (Fsp3) is 0.333. The molecule has 0 bridgehead atoms. The highest BCUT2D eigenvalue weighted by Crippen LogP contribution is 2.18. The van der Waals surface area contributed by atoms with Crippen molar-refractivity contribution in [2.45, 2.75) is 27.7 Å². The van der Waals surface area contributed by atoms with Crippen LogP contribution in [0.3, 0.4) is 0 Å². The Balaban J connectivity index is 4.93. The predicted molar refractivity (Wildman–Crippen MR) is 57.1 cm³/mol. The molecular formula is C12H18. The predicted octanol–water partition coefficient (Wildman–Crippen LogP) is 4.03. The molecule has 0 aromatic carbocycles. The van der Waals surface area contributed by atoms with E-state index in [0.29, 0.717) is 0 Å². The Bertz CT molecular complexity index is 249. The van der Waals surface area contributed by atoms with Crippen LogP contribution in [0.15, 0.2) is 47.6 Å². The van der Waals surface area contributed by atoms with E-state index in [1.807, 2.05) is 20.8 Å². The van der Waals surface area contributed by atoms with Gasteiger partial charge in [0.05, 0.1) is 0 Å². The summed E-state index contributed by atoms with van der Waals surface area (Å²) < 4.78 is 0. The summed E-state index contributed by atoms with van der Waals surface area (Å²) in [4.78, 5) is 0. The fourth-order valence-corrected chi connectivity index (χ4v) is 0.976. The molecule has 0 aliphatic heterocycles. The summed E-state index contributed by atoms with van der Waals surface area (Å²) in [5, 5.41) is 0. The van der Waals surface area contributed by atoms with Crippen LogP contribution in [0.2, 0.25) is 0 Å². The van der Waals surface area contributed by atoms with Gasteiger partial charge in [0.25, 0.3) is 0 Å². The third-order valence-electron chi connectivity index (χ3n) is 1.71. The minimum absolute atomic E-state index is 1.06. The highest BCUT2D eigenvalue weighted by Gasteiger charge is 1.98. The van der Waals surface area contributed by atoms with Crippen molar-refractivity contribution in [1.29, 1.82) is 0 Å². The molecule has 0 saturated heterocycles. The van der Waals surface area contributed by atoms with Gasteiger partial charge in [0, 0.05) is 0 Å². The van der Waals surface area contributed by atoms with Crippen LogP contribution in [0.1, 0.15) is 27.7 Å². The average Bonchev–Trinajstić information content (AvgIpc) is 1.98. The second-order valence-electron chi connectivity index (χ2n) is 3.16. The van der Waals surface area contributed by atoms with E-state index in [9.17, 15) is 0 Å². The van der Waals surface area contributed by atoms with E-state index in [0.717, 1.165) is 11.1 Å². The lowest BCUT2D eigenvalue weighted by Gasteiger charge is -2.06. The van der Waals surface area contributed by atoms with E-state index >= 15 is 0 Å². The van der Waals surface area contributed by atoms with Crippen LogP contribution in [0, 0.1) is 0 Å². The van der Waals surface area contributed by atoms with Crippen molar-refractivity contribution in [2.24, 2.45) is 0 Å². The molecule has 0 amide bonds. The van der Waals surface area contributed by atoms with Crippen LogP contribution in [0.5, 0.6) is 0 Å². The van der Waals surface area contributed by atoms with Gasteiger partial charge in [-0.15, -0.1) is 0 Å². The Hall–Kier alpha value is -1.04. The summed E-state index contributed by atoms with van der Waals surface area (Å²) in [7, 11) is 0. The van der Waals surface area contributed by atoms with E-state index in [1.165, 1.54) is 11.1 Å². The molecule has 0 fully saturated rings. The summed E-state index contributed by atoms with van der Waals surface area (Å²) in [6, 6.07) is 0. The normalized spacial score (nSPS) is 13.0. The fourth-order valence-electron chi connectivity index (χ4n) is 0.976. The van der Waals surface area contributed by atoms with Gasteiger partial charge in [-0.3, -0.25) is 0 Å². The first-order chi connectivity index (χ1) is 5.49. The van der Waals surface area contributed by atoms with Crippen LogP contribution >= 0.6 is 0 Å². The highest BCUT2D eigenvalue weighted by molar-refractivity contribution is 5.46. The molecule has 0 nitrogen and oxygen atoms in total. The smallest absolute Gasteiger partial charge is 0.0205 e. The van der Waals surface area contributed by atoms with E-state index in [1.54, 1.807) is 0 Å². The molecule has 12 heavy (non-hydrogen) atoms. The molecule has 0 aliphatic carbocycles. The molecule has 0 saturated carbocycles. The topological polar surface area (TPSA) is 0 Å². The van der Waals surface area contributed by atoms with Crippen LogP contribution in [0.4, 0.5) is 0 Å². The van der Waals surface area contributed by atoms with Crippen LogP contribution in [-0.2, 0) is 0 Å². The van der Waals surface area contributed by atoms with Crippen LogP contribution in [-0.4, -0.2) is 0 Å². The van der Waals surface area contributed by atoms with Gasteiger partial charge in [0.2, 0.25) is 0 Å². The van der Waals surface area contributed by atoms with Gasteiger partial charge in [-0.1, -0.05) is 36.5 Å². The van der Waals surface area contributed by atoms with E-state index in [-0.39, 0.29) is 0 Å². The number of hydrogen-bond donors (Lipinski definition) is 0. The van der Waals surface area contributed by atoms with Crippen molar-refractivity contribution in [1.82, 2.24) is 0 Å². The van der Waals surface area contributed by atoms with Crippen molar-refractivity contribution in [3.8, 4) is 0 Å². The molecule has 0 N–H and O–H groups in total. The Morgan fingerprint density at radius 3 is 1.83 bits per heavy atom. The summed E-state index contributed by atoms with van der Waals surface area (Å²) in [6.45, 7) is 15.9. The number of allylic oxidation sites excluding steroid dienone is 6. The number of hydrogen-bond acceptors (Lipinski definition) is 0. The van der Waals surface area contributed by atoms with Crippen molar-refractivity contribution in [3.05, 3.63) is 47.6 Å². The Kier molecular flexibility index (Phi) is 4.35.